The second kappa shape index (κ2) is 7.12. The Kier molecular flexibility index (Phi) is 4.43. The number of rotatable bonds is 3. The van der Waals surface area contributed by atoms with E-state index in [0.29, 0.717) is 17.9 Å². The number of benzene rings is 1. The number of hydrogen-bond donors (Lipinski definition) is 0. The molecule has 148 valence electrons. The molecule has 1 saturated heterocycles. The van der Waals surface area contributed by atoms with Crippen LogP contribution in [0.25, 0.3) is 11.4 Å². The van der Waals surface area contributed by atoms with Crippen molar-refractivity contribution >= 4 is 5.91 Å². The molecule has 1 fully saturated rings. The molecule has 2 aliphatic heterocycles. The first-order valence-corrected chi connectivity index (χ1v) is 10.1. The Bertz CT molecular complexity index is 1010. The fraction of sp³-hybridized carbons (Fsp3) is 0.348. The number of fused-ring (bicyclic) bond motifs is 2. The number of likely N-dealkylation sites (N-methyl/N-ethyl adjacent to an activating group) is 1. The summed E-state index contributed by atoms with van der Waals surface area (Å²) in [6, 6.07) is 13.9. The molecule has 0 N–H and O–H groups in total. The fourth-order valence-corrected chi connectivity index (χ4v) is 4.63. The molecule has 0 unspecified atom stereocenters. The molecule has 0 saturated carbocycles. The summed E-state index contributed by atoms with van der Waals surface area (Å²) in [6.45, 7) is 3.43. The van der Waals surface area contributed by atoms with Crippen LogP contribution < -0.4 is 0 Å². The van der Waals surface area contributed by atoms with Crippen LogP contribution in [0.2, 0.25) is 0 Å². The minimum atomic E-state index is -0.121. The topological polar surface area (TPSA) is 62.5 Å². The number of likely N-dealkylation sites (tertiary alicyclic amines) is 1. The monoisotopic (exact) mass is 388 g/mol. The van der Waals surface area contributed by atoms with Crippen LogP contribution in [0, 0.1) is 0 Å². The lowest BCUT2D eigenvalue weighted by Gasteiger charge is -2.46. The number of piperidine rings is 1. The van der Waals surface area contributed by atoms with Crippen LogP contribution in [0.5, 0.6) is 0 Å². The fourth-order valence-electron chi connectivity index (χ4n) is 4.63. The van der Waals surface area contributed by atoms with Crippen molar-refractivity contribution in [3.8, 4) is 11.4 Å². The number of hydrogen-bond acceptors (Lipinski definition) is 5. The number of nitrogens with zero attached hydrogens (tertiary/aromatic N) is 4. The summed E-state index contributed by atoms with van der Waals surface area (Å²) in [4.78, 5) is 26.5. The number of furan rings is 1. The van der Waals surface area contributed by atoms with Gasteiger partial charge in [0.15, 0.2) is 5.82 Å². The minimum absolute atomic E-state index is 0.0169. The summed E-state index contributed by atoms with van der Waals surface area (Å²) < 4.78 is 5.51. The van der Waals surface area contributed by atoms with Crippen LogP contribution in [0.3, 0.4) is 0 Å². The molecular weight excluding hydrogens is 364 g/mol. The Morgan fingerprint density at radius 2 is 1.90 bits per heavy atom. The SMILES string of the molecule is CN1CC2(CCN(Cc3ccco3)CC2)c2nc(-c3ccccc3)ncc2C1=O. The molecule has 0 radical (unpaired) electrons. The molecule has 0 atom stereocenters. The molecule has 1 spiro atoms. The molecule has 6 heteroatoms. The predicted molar refractivity (Wildman–Crippen MR) is 109 cm³/mol. The first-order chi connectivity index (χ1) is 14.1. The minimum Gasteiger partial charge on any atom is -0.468 e. The van der Waals surface area contributed by atoms with Crippen LogP contribution >= 0.6 is 0 Å². The normalized spacial score (nSPS) is 18.8. The zero-order valence-electron chi connectivity index (χ0n) is 16.5. The van der Waals surface area contributed by atoms with E-state index in [2.05, 4.69) is 9.88 Å². The zero-order chi connectivity index (χ0) is 19.8. The van der Waals surface area contributed by atoms with Crippen molar-refractivity contribution < 1.29 is 9.21 Å². The zero-order valence-corrected chi connectivity index (χ0v) is 16.5. The molecule has 6 nitrogen and oxygen atoms in total. The van der Waals surface area contributed by atoms with E-state index in [0.717, 1.165) is 49.5 Å². The lowest BCUT2D eigenvalue weighted by atomic mass is 9.71. The van der Waals surface area contributed by atoms with E-state index in [-0.39, 0.29) is 11.3 Å². The molecule has 4 heterocycles. The molecule has 0 bridgehead atoms. The summed E-state index contributed by atoms with van der Waals surface area (Å²) in [6.07, 6.45) is 5.37. The third-order valence-corrected chi connectivity index (χ3v) is 6.21. The summed E-state index contributed by atoms with van der Waals surface area (Å²) in [7, 11) is 1.88. The van der Waals surface area contributed by atoms with Crippen LogP contribution in [0.4, 0.5) is 0 Å². The number of carbonyl (C=O) groups excluding carboxylic acids is 1. The summed E-state index contributed by atoms with van der Waals surface area (Å²) >= 11 is 0. The average molecular weight is 388 g/mol. The van der Waals surface area contributed by atoms with E-state index in [1.807, 2.05) is 54.4 Å². The highest BCUT2D eigenvalue weighted by Gasteiger charge is 2.45. The van der Waals surface area contributed by atoms with Gasteiger partial charge in [0.05, 0.1) is 24.1 Å². The third kappa shape index (κ3) is 3.23. The number of amides is 1. The van der Waals surface area contributed by atoms with Gasteiger partial charge in [0.25, 0.3) is 5.91 Å². The first-order valence-electron chi connectivity index (χ1n) is 10.1. The van der Waals surface area contributed by atoms with Gasteiger partial charge in [-0.1, -0.05) is 30.3 Å². The van der Waals surface area contributed by atoms with Crippen LogP contribution in [0.15, 0.2) is 59.3 Å². The highest BCUT2D eigenvalue weighted by molar-refractivity contribution is 5.96. The largest absolute Gasteiger partial charge is 0.468 e. The molecule has 2 aliphatic rings. The van der Waals surface area contributed by atoms with E-state index in [1.54, 1.807) is 12.5 Å². The van der Waals surface area contributed by atoms with Gasteiger partial charge in [0.1, 0.15) is 5.76 Å². The van der Waals surface area contributed by atoms with Gasteiger partial charge in [0.2, 0.25) is 0 Å². The lowest BCUT2D eigenvalue weighted by Crippen LogP contribution is -2.53. The standard InChI is InChI=1S/C23H24N4O2/c1-26-16-23(9-11-27(12-10-23)15-18-8-5-13-29-18)20-19(22(26)28)14-24-21(25-20)17-6-3-2-4-7-17/h2-8,13-14H,9-12,15-16H2,1H3. The van der Waals surface area contributed by atoms with Crippen molar-refractivity contribution in [1.82, 2.24) is 19.8 Å². The molecule has 5 rings (SSSR count). The van der Waals surface area contributed by atoms with Gasteiger partial charge in [-0.2, -0.15) is 0 Å². The van der Waals surface area contributed by atoms with Crippen LogP contribution in [0.1, 0.15) is 34.7 Å². The smallest absolute Gasteiger partial charge is 0.257 e. The highest BCUT2D eigenvalue weighted by Crippen LogP contribution is 2.41. The first kappa shape index (κ1) is 18.1. The number of aromatic nitrogens is 2. The van der Waals surface area contributed by atoms with Gasteiger partial charge >= 0.3 is 0 Å². The second-order valence-corrected chi connectivity index (χ2v) is 8.12. The number of carbonyl (C=O) groups is 1. The maximum atomic E-state index is 12.8. The average Bonchev–Trinajstić information content (AvgIpc) is 3.27. The maximum Gasteiger partial charge on any atom is 0.257 e. The van der Waals surface area contributed by atoms with Crippen molar-refractivity contribution in [2.75, 3.05) is 26.7 Å². The van der Waals surface area contributed by atoms with E-state index in [4.69, 9.17) is 9.40 Å². The highest BCUT2D eigenvalue weighted by atomic mass is 16.3. The molecule has 1 aromatic carbocycles. The van der Waals surface area contributed by atoms with Crippen molar-refractivity contribution in [3.63, 3.8) is 0 Å². The summed E-state index contributed by atoms with van der Waals surface area (Å²) in [5.74, 6) is 1.70. The van der Waals surface area contributed by atoms with Crippen molar-refractivity contribution in [2.24, 2.45) is 0 Å². The van der Waals surface area contributed by atoms with Gasteiger partial charge in [-0.15, -0.1) is 0 Å². The Morgan fingerprint density at radius 1 is 1.10 bits per heavy atom. The van der Waals surface area contributed by atoms with Gasteiger partial charge in [-0.25, -0.2) is 9.97 Å². The quantitative estimate of drug-likeness (QED) is 0.689. The molecular formula is C23H24N4O2. The van der Waals surface area contributed by atoms with E-state index in [9.17, 15) is 4.79 Å². The van der Waals surface area contributed by atoms with Crippen molar-refractivity contribution in [1.29, 1.82) is 0 Å². The Balaban J connectivity index is 1.47. The maximum absolute atomic E-state index is 12.8. The van der Waals surface area contributed by atoms with Crippen LogP contribution in [-0.2, 0) is 12.0 Å². The second-order valence-electron chi connectivity index (χ2n) is 8.12. The van der Waals surface area contributed by atoms with Crippen LogP contribution in [-0.4, -0.2) is 52.4 Å². The van der Waals surface area contributed by atoms with Crippen molar-refractivity contribution in [3.05, 3.63) is 71.9 Å². The lowest BCUT2D eigenvalue weighted by molar-refractivity contribution is 0.0618. The summed E-state index contributed by atoms with van der Waals surface area (Å²) in [5, 5.41) is 0. The molecule has 2 aromatic heterocycles. The molecule has 29 heavy (non-hydrogen) atoms. The summed E-state index contributed by atoms with van der Waals surface area (Å²) in [5.41, 5.74) is 2.43. The van der Waals surface area contributed by atoms with E-state index in [1.165, 1.54) is 0 Å². The molecule has 0 aliphatic carbocycles. The Hall–Kier alpha value is -2.99. The van der Waals surface area contributed by atoms with Gasteiger partial charge in [-0.3, -0.25) is 9.69 Å². The van der Waals surface area contributed by atoms with Gasteiger partial charge in [-0.05, 0) is 38.1 Å². The van der Waals surface area contributed by atoms with Crippen molar-refractivity contribution in [2.45, 2.75) is 24.8 Å². The molecule has 1 amide bonds. The van der Waals surface area contributed by atoms with E-state index >= 15 is 0 Å². The predicted octanol–water partition coefficient (Wildman–Crippen LogP) is 3.36. The van der Waals surface area contributed by atoms with E-state index < -0.39 is 0 Å². The van der Waals surface area contributed by atoms with Gasteiger partial charge in [0, 0.05) is 30.8 Å². The Morgan fingerprint density at radius 3 is 2.62 bits per heavy atom. The molecule has 3 aromatic rings. The van der Waals surface area contributed by atoms with Gasteiger partial charge < -0.3 is 9.32 Å². The Labute approximate surface area is 170 Å². The third-order valence-electron chi connectivity index (χ3n) is 6.21.